The van der Waals surface area contributed by atoms with Crippen LogP contribution in [0.5, 0.6) is 5.75 Å². The highest BCUT2D eigenvalue weighted by molar-refractivity contribution is 6.89. The predicted molar refractivity (Wildman–Crippen MR) is 61.0 cm³/mol. The summed E-state index contributed by atoms with van der Waals surface area (Å²) in [7, 11) is -0.580. The number of hydrogen-bond acceptors (Lipinski definition) is 1. The van der Waals surface area contributed by atoms with Gasteiger partial charge in [-0.3, -0.25) is 0 Å². The molecule has 16 heavy (non-hydrogen) atoms. The maximum atomic E-state index is 12.8. The summed E-state index contributed by atoms with van der Waals surface area (Å²) in [5.41, 5.74) is -0.535. The molecule has 1 aromatic carbocycles. The van der Waals surface area contributed by atoms with E-state index in [-0.39, 0.29) is 0 Å². The molecule has 0 aromatic heterocycles. The first-order valence-electron chi connectivity index (χ1n) is 4.92. The van der Waals surface area contributed by atoms with Crippen molar-refractivity contribution < 1.29 is 17.9 Å². The van der Waals surface area contributed by atoms with E-state index in [0.29, 0.717) is 10.9 Å². The summed E-state index contributed by atoms with van der Waals surface area (Å²) >= 11 is 0. The lowest BCUT2D eigenvalue weighted by Gasteiger charge is -2.23. The molecule has 0 N–H and O–H groups in total. The number of benzene rings is 1. The van der Waals surface area contributed by atoms with Crippen molar-refractivity contribution in [2.75, 3.05) is 7.11 Å². The van der Waals surface area contributed by atoms with Gasteiger partial charge in [0.05, 0.1) is 20.7 Å². The van der Waals surface area contributed by atoms with E-state index in [0.717, 1.165) is 6.07 Å². The van der Waals surface area contributed by atoms with Crippen molar-refractivity contribution in [1.29, 1.82) is 0 Å². The van der Waals surface area contributed by atoms with Gasteiger partial charge in [-0.05, 0) is 23.4 Å². The molecule has 0 amide bonds. The van der Waals surface area contributed by atoms with Gasteiger partial charge in [0.25, 0.3) is 0 Å². The molecule has 0 radical (unpaired) electrons. The SMILES string of the molecule is COc1ccc(C(F)(F)F)c([Si](C)(C)C)c1. The van der Waals surface area contributed by atoms with E-state index in [1.54, 1.807) is 0 Å². The van der Waals surface area contributed by atoms with Gasteiger partial charge in [-0.2, -0.15) is 13.2 Å². The molecule has 0 aliphatic rings. The molecule has 90 valence electrons. The molecule has 1 rings (SSSR count). The van der Waals surface area contributed by atoms with Gasteiger partial charge in [0.15, 0.2) is 0 Å². The van der Waals surface area contributed by atoms with Crippen LogP contribution in [0.15, 0.2) is 18.2 Å². The highest BCUT2D eigenvalue weighted by atomic mass is 28.3. The van der Waals surface area contributed by atoms with Gasteiger partial charge in [0.1, 0.15) is 5.75 Å². The van der Waals surface area contributed by atoms with Crippen LogP contribution in [-0.4, -0.2) is 15.2 Å². The first-order valence-corrected chi connectivity index (χ1v) is 8.42. The van der Waals surface area contributed by atoms with Crippen LogP contribution in [0.1, 0.15) is 5.56 Å². The van der Waals surface area contributed by atoms with Crippen molar-refractivity contribution in [3.8, 4) is 5.75 Å². The van der Waals surface area contributed by atoms with Crippen molar-refractivity contribution in [3.63, 3.8) is 0 Å². The Balaban J connectivity index is 3.40. The molecule has 0 atom stereocenters. The molecule has 0 bridgehead atoms. The topological polar surface area (TPSA) is 9.23 Å². The van der Waals surface area contributed by atoms with E-state index < -0.39 is 19.8 Å². The fourth-order valence-electron chi connectivity index (χ4n) is 1.52. The summed E-state index contributed by atoms with van der Waals surface area (Å²) < 4.78 is 43.4. The Kier molecular flexibility index (Phi) is 3.37. The summed E-state index contributed by atoms with van der Waals surface area (Å²) in [6.45, 7) is 5.66. The molecule has 0 heterocycles. The largest absolute Gasteiger partial charge is 0.497 e. The number of ether oxygens (including phenoxy) is 1. The Bertz CT molecular complexity index is 380. The molecule has 0 aliphatic heterocycles. The van der Waals surface area contributed by atoms with Crippen LogP contribution in [0.3, 0.4) is 0 Å². The second kappa shape index (κ2) is 4.12. The maximum Gasteiger partial charge on any atom is 0.416 e. The lowest BCUT2D eigenvalue weighted by atomic mass is 10.2. The number of methoxy groups -OCH3 is 1. The minimum Gasteiger partial charge on any atom is -0.497 e. The molecule has 0 unspecified atom stereocenters. The van der Waals surface area contributed by atoms with Crippen molar-refractivity contribution in [2.45, 2.75) is 25.8 Å². The molecular formula is C11H15F3OSi. The number of alkyl halides is 3. The fraction of sp³-hybridized carbons (Fsp3) is 0.455. The summed E-state index contributed by atoms with van der Waals surface area (Å²) in [5.74, 6) is 0.477. The van der Waals surface area contributed by atoms with Crippen LogP contribution < -0.4 is 9.92 Å². The quantitative estimate of drug-likeness (QED) is 0.730. The predicted octanol–water partition coefficient (Wildman–Crippen LogP) is 3.26. The highest BCUT2D eigenvalue weighted by Crippen LogP contribution is 2.30. The van der Waals surface area contributed by atoms with Gasteiger partial charge in [-0.1, -0.05) is 19.6 Å². The van der Waals surface area contributed by atoms with Crippen LogP contribution >= 0.6 is 0 Å². The first-order chi connectivity index (χ1) is 7.16. The monoisotopic (exact) mass is 248 g/mol. The van der Waals surface area contributed by atoms with Crippen LogP contribution in [0.4, 0.5) is 13.2 Å². The molecule has 0 spiro atoms. The molecule has 0 saturated heterocycles. The maximum absolute atomic E-state index is 12.8. The van der Waals surface area contributed by atoms with Gasteiger partial charge in [0.2, 0.25) is 0 Å². The summed E-state index contributed by atoms with van der Waals surface area (Å²) in [6.07, 6.45) is -4.29. The molecule has 5 heteroatoms. The van der Waals surface area contributed by atoms with E-state index in [9.17, 15) is 13.2 Å². The zero-order valence-corrected chi connectivity index (χ0v) is 10.8. The summed E-state index contributed by atoms with van der Waals surface area (Å²) in [4.78, 5) is 0. The van der Waals surface area contributed by atoms with Gasteiger partial charge in [-0.15, -0.1) is 0 Å². The van der Waals surface area contributed by atoms with Crippen molar-refractivity contribution in [3.05, 3.63) is 23.8 Å². The van der Waals surface area contributed by atoms with E-state index in [2.05, 4.69) is 0 Å². The smallest absolute Gasteiger partial charge is 0.416 e. The van der Waals surface area contributed by atoms with Gasteiger partial charge < -0.3 is 4.74 Å². The van der Waals surface area contributed by atoms with Gasteiger partial charge >= 0.3 is 6.18 Å². The third kappa shape index (κ3) is 2.78. The molecule has 1 nitrogen and oxygen atoms in total. The fourth-order valence-corrected chi connectivity index (χ4v) is 3.13. The summed E-state index contributed by atoms with van der Waals surface area (Å²) in [6, 6.07) is 3.97. The second-order valence-corrected chi connectivity index (χ2v) is 9.70. The highest BCUT2D eigenvalue weighted by Gasteiger charge is 2.36. The Morgan fingerprint density at radius 1 is 1.12 bits per heavy atom. The normalized spacial score (nSPS) is 12.7. The lowest BCUT2D eigenvalue weighted by molar-refractivity contribution is -0.136. The van der Waals surface area contributed by atoms with Crippen molar-refractivity contribution >= 4 is 13.3 Å². The van der Waals surface area contributed by atoms with Crippen LogP contribution in [0, 0.1) is 0 Å². The average molecular weight is 248 g/mol. The van der Waals surface area contributed by atoms with Crippen LogP contribution in [-0.2, 0) is 6.18 Å². The van der Waals surface area contributed by atoms with E-state index in [1.165, 1.54) is 19.2 Å². The van der Waals surface area contributed by atoms with Gasteiger partial charge in [-0.25, -0.2) is 0 Å². The van der Waals surface area contributed by atoms with Crippen molar-refractivity contribution in [1.82, 2.24) is 0 Å². The zero-order chi connectivity index (χ0) is 12.6. The Hall–Kier alpha value is -0.973. The third-order valence-corrected chi connectivity index (χ3v) is 4.37. The Morgan fingerprint density at radius 2 is 1.69 bits per heavy atom. The van der Waals surface area contributed by atoms with E-state index >= 15 is 0 Å². The molecule has 1 aromatic rings. The first kappa shape index (κ1) is 13.1. The minimum atomic E-state index is -4.29. The van der Waals surface area contributed by atoms with Crippen LogP contribution in [0.25, 0.3) is 0 Å². The Morgan fingerprint density at radius 3 is 2.06 bits per heavy atom. The number of hydrogen-bond donors (Lipinski definition) is 0. The summed E-state index contributed by atoms with van der Waals surface area (Å²) in [5, 5.41) is 0.388. The zero-order valence-electron chi connectivity index (χ0n) is 9.77. The molecule has 0 fully saturated rings. The minimum absolute atomic E-state index is 0.388. The number of rotatable bonds is 2. The number of halogens is 3. The Labute approximate surface area is 94.2 Å². The van der Waals surface area contributed by atoms with Gasteiger partial charge in [0, 0.05) is 0 Å². The van der Waals surface area contributed by atoms with Crippen molar-refractivity contribution in [2.24, 2.45) is 0 Å². The van der Waals surface area contributed by atoms with E-state index in [1.807, 2.05) is 19.6 Å². The third-order valence-electron chi connectivity index (χ3n) is 2.34. The average Bonchev–Trinajstić information content (AvgIpc) is 2.14. The standard InChI is InChI=1S/C11H15F3OSi/c1-15-8-5-6-9(11(12,13)14)10(7-8)16(2,3)4/h5-7H,1-4H3. The van der Waals surface area contributed by atoms with Crippen LogP contribution in [0.2, 0.25) is 19.6 Å². The molecular weight excluding hydrogens is 233 g/mol. The lowest BCUT2D eigenvalue weighted by Crippen LogP contribution is -2.42. The molecule has 0 saturated carbocycles. The van der Waals surface area contributed by atoms with E-state index in [4.69, 9.17) is 4.74 Å². The molecule has 0 aliphatic carbocycles. The second-order valence-electron chi connectivity index (χ2n) is 4.66.